The average Bonchev–Trinajstić information content (AvgIpc) is 3.14. The molecule has 0 radical (unpaired) electrons. The molecule has 0 aliphatic carbocycles. The predicted molar refractivity (Wildman–Crippen MR) is 83.4 cm³/mol. The minimum absolute atomic E-state index is 0.0529. The first-order valence-electron chi connectivity index (χ1n) is 6.60. The van der Waals surface area contributed by atoms with Crippen molar-refractivity contribution >= 4 is 34.3 Å². The summed E-state index contributed by atoms with van der Waals surface area (Å²) in [4.78, 5) is 20.2. The summed E-state index contributed by atoms with van der Waals surface area (Å²) in [5.41, 5.74) is 2.61. The van der Waals surface area contributed by atoms with E-state index in [1.807, 2.05) is 13.8 Å². The molecule has 0 saturated heterocycles. The number of fused-ring (bicyclic) bond motifs is 1. The first-order chi connectivity index (χ1) is 10.3. The summed E-state index contributed by atoms with van der Waals surface area (Å²) in [6, 6.07) is 0. The van der Waals surface area contributed by atoms with Crippen molar-refractivity contribution in [3.8, 4) is 0 Å². The molecule has 0 aliphatic heterocycles. The van der Waals surface area contributed by atoms with E-state index in [0.717, 1.165) is 27.0 Å². The zero-order valence-corrected chi connectivity index (χ0v) is 13.4. The van der Waals surface area contributed by atoms with Crippen LogP contribution in [0, 0.1) is 0 Å². The molecule has 21 heavy (non-hydrogen) atoms. The first-order valence-corrected chi connectivity index (χ1v) is 8.47. The highest BCUT2D eigenvalue weighted by molar-refractivity contribution is 7.98. The summed E-state index contributed by atoms with van der Waals surface area (Å²) < 4.78 is 5.56. The maximum atomic E-state index is 5.56. The Morgan fingerprint density at radius 3 is 3.14 bits per heavy atom. The third-order valence-electron chi connectivity index (χ3n) is 2.88. The molecule has 1 N–H and O–H groups in total. The minimum atomic E-state index is 0.0529. The Morgan fingerprint density at radius 1 is 1.38 bits per heavy atom. The van der Waals surface area contributed by atoms with Crippen molar-refractivity contribution in [3.63, 3.8) is 0 Å². The standard InChI is InChI=1S/C13H15N5OS2/c1-3-19-8(2)12-18-9(4-20-12)5-21-13-10-11(15-6-14-10)16-7-17-13/h4,6-8H,3,5H2,1-2H3,(H,14,15,16,17). The van der Waals surface area contributed by atoms with Crippen LogP contribution in [0.2, 0.25) is 0 Å². The highest BCUT2D eigenvalue weighted by Crippen LogP contribution is 2.28. The fraction of sp³-hybridized carbons (Fsp3) is 0.385. The second kappa shape index (κ2) is 6.50. The molecule has 110 valence electrons. The Morgan fingerprint density at radius 2 is 2.29 bits per heavy atom. The second-order valence-electron chi connectivity index (χ2n) is 4.34. The third kappa shape index (κ3) is 3.22. The molecule has 3 rings (SSSR count). The number of hydrogen-bond donors (Lipinski definition) is 1. The van der Waals surface area contributed by atoms with Gasteiger partial charge in [0.1, 0.15) is 28.0 Å². The Bertz CT molecular complexity index is 726. The van der Waals surface area contributed by atoms with Crippen molar-refractivity contribution in [1.29, 1.82) is 0 Å². The lowest BCUT2D eigenvalue weighted by Gasteiger charge is -2.06. The van der Waals surface area contributed by atoms with Crippen LogP contribution in [0.5, 0.6) is 0 Å². The van der Waals surface area contributed by atoms with Gasteiger partial charge in [0.05, 0.1) is 12.0 Å². The van der Waals surface area contributed by atoms with Crippen molar-refractivity contribution in [3.05, 3.63) is 28.7 Å². The maximum Gasteiger partial charge on any atom is 0.181 e. The van der Waals surface area contributed by atoms with Gasteiger partial charge in [-0.1, -0.05) is 11.8 Å². The number of H-pyrrole nitrogens is 1. The van der Waals surface area contributed by atoms with Crippen molar-refractivity contribution in [2.75, 3.05) is 6.61 Å². The number of aromatic amines is 1. The van der Waals surface area contributed by atoms with Crippen LogP contribution < -0.4 is 0 Å². The van der Waals surface area contributed by atoms with Crippen LogP contribution in [0.15, 0.2) is 23.1 Å². The Hall–Kier alpha value is -1.51. The molecular weight excluding hydrogens is 306 g/mol. The van der Waals surface area contributed by atoms with Crippen molar-refractivity contribution in [2.45, 2.75) is 30.7 Å². The number of thioether (sulfide) groups is 1. The topological polar surface area (TPSA) is 76.6 Å². The van der Waals surface area contributed by atoms with Crippen LogP contribution in [0.25, 0.3) is 11.2 Å². The molecule has 3 aromatic heterocycles. The van der Waals surface area contributed by atoms with E-state index in [2.05, 4.69) is 30.3 Å². The van der Waals surface area contributed by atoms with E-state index in [-0.39, 0.29) is 6.10 Å². The number of aromatic nitrogens is 5. The fourth-order valence-electron chi connectivity index (χ4n) is 1.89. The largest absolute Gasteiger partial charge is 0.372 e. The average molecular weight is 321 g/mol. The summed E-state index contributed by atoms with van der Waals surface area (Å²) in [7, 11) is 0. The van der Waals surface area contributed by atoms with Gasteiger partial charge in [0.2, 0.25) is 0 Å². The normalized spacial score (nSPS) is 12.9. The number of imidazole rings is 1. The van der Waals surface area contributed by atoms with Crippen LogP contribution >= 0.6 is 23.1 Å². The predicted octanol–water partition coefficient (Wildman–Crippen LogP) is 3.20. The minimum Gasteiger partial charge on any atom is -0.372 e. The van der Waals surface area contributed by atoms with Gasteiger partial charge >= 0.3 is 0 Å². The van der Waals surface area contributed by atoms with Gasteiger partial charge in [0, 0.05) is 17.7 Å². The van der Waals surface area contributed by atoms with Crippen molar-refractivity contribution in [2.24, 2.45) is 0 Å². The Labute approximate surface area is 130 Å². The molecule has 0 bridgehead atoms. The lowest BCUT2D eigenvalue weighted by atomic mass is 10.4. The quantitative estimate of drug-likeness (QED) is 0.555. The van der Waals surface area contributed by atoms with Gasteiger partial charge in [-0.2, -0.15) is 0 Å². The van der Waals surface area contributed by atoms with Crippen molar-refractivity contribution < 1.29 is 4.74 Å². The molecule has 0 fully saturated rings. The first kappa shape index (κ1) is 14.4. The Kier molecular flexibility index (Phi) is 4.47. The summed E-state index contributed by atoms with van der Waals surface area (Å²) in [6.45, 7) is 4.72. The Balaban J connectivity index is 1.69. The zero-order valence-electron chi connectivity index (χ0n) is 11.7. The highest BCUT2D eigenvalue weighted by Gasteiger charge is 2.12. The molecule has 3 heterocycles. The third-order valence-corrected chi connectivity index (χ3v) is 4.96. The smallest absolute Gasteiger partial charge is 0.181 e. The van der Waals surface area contributed by atoms with Gasteiger partial charge in [-0.3, -0.25) is 0 Å². The van der Waals surface area contributed by atoms with E-state index >= 15 is 0 Å². The van der Waals surface area contributed by atoms with Crippen LogP contribution in [-0.2, 0) is 10.5 Å². The van der Waals surface area contributed by atoms with E-state index in [4.69, 9.17) is 4.74 Å². The van der Waals surface area contributed by atoms with Gasteiger partial charge in [-0.05, 0) is 13.8 Å². The molecule has 0 saturated carbocycles. The summed E-state index contributed by atoms with van der Waals surface area (Å²) in [6.07, 6.45) is 3.22. The van der Waals surface area contributed by atoms with Crippen molar-refractivity contribution in [1.82, 2.24) is 24.9 Å². The zero-order chi connectivity index (χ0) is 14.7. The number of thiazole rings is 1. The van der Waals surface area contributed by atoms with Gasteiger partial charge in [-0.15, -0.1) is 11.3 Å². The number of ether oxygens (including phenoxy) is 1. The number of nitrogens with zero attached hydrogens (tertiary/aromatic N) is 4. The summed E-state index contributed by atoms with van der Waals surface area (Å²) in [5.74, 6) is 0.764. The molecule has 8 heteroatoms. The van der Waals surface area contributed by atoms with Crippen LogP contribution in [0.3, 0.4) is 0 Å². The molecule has 0 amide bonds. The van der Waals surface area contributed by atoms with E-state index in [1.54, 1.807) is 29.4 Å². The van der Waals surface area contributed by atoms with E-state index in [9.17, 15) is 0 Å². The summed E-state index contributed by atoms with van der Waals surface area (Å²) in [5, 5.41) is 3.98. The van der Waals surface area contributed by atoms with Gasteiger partial charge < -0.3 is 9.72 Å². The molecular formula is C13H15N5OS2. The van der Waals surface area contributed by atoms with Crippen LogP contribution in [0.4, 0.5) is 0 Å². The van der Waals surface area contributed by atoms with E-state index < -0.39 is 0 Å². The molecule has 0 aliphatic rings. The van der Waals surface area contributed by atoms with Crippen LogP contribution in [0.1, 0.15) is 30.7 Å². The fourth-order valence-corrected chi connectivity index (χ4v) is 3.67. The van der Waals surface area contributed by atoms with Crippen LogP contribution in [-0.4, -0.2) is 31.5 Å². The highest BCUT2D eigenvalue weighted by atomic mass is 32.2. The number of hydrogen-bond acceptors (Lipinski definition) is 7. The molecule has 6 nitrogen and oxygen atoms in total. The van der Waals surface area contributed by atoms with Gasteiger partial charge in [-0.25, -0.2) is 19.9 Å². The maximum absolute atomic E-state index is 5.56. The number of rotatable bonds is 6. The number of nitrogens with one attached hydrogen (secondary N) is 1. The second-order valence-corrected chi connectivity index (χ2v) is 6.20. The van der Waals surface area contributed by atoms with Gasteiger partial charge in [0.15, 0.2) is 5.65 Å². The molecule has 0 spiro atoms. The van der Waals surface area contributed by atoms with Gasteiger partial charge in [0.25, 0.3) is 0 Å². The SMILES string of the molecule is CCOC(C)c1nc(CSc2ncnc3nc[nH]c23)cs1. The molecule has 0 aromatic carbocycles. The lowest BCUT2D eigenvalue weighted by Crippen LogP contribution is -1.99. The lowest BCUT2D eigenvalue weighted by molar-refractivity contribution is 0.0761. The molecule has 1 atom stereocenters. The molecule has 3 aromatic rings. The van der Waals surface area contributed by atoms with E-state index in [0.29, 0.717) is 12.3 Å². The van der Waals surface area contributed by atoms with E-state index in [1.165, 1.54) is 6.33 Å². The summed E-state index contributed by atoms with van der Waals surface area (Å²) >= 11 is 3.26. The molecule has 1 unspecified atom stereocenters. The monoisotopic (exact) mass is 321 g/mol.